The van der Waals surface area contributed by atoms with Crippen LogP contribution in [0.15, 0.2) is 23.0 Å². The summed E-state index contributed by atoms with van der Waals surface area (Å²) < 4.78 is 11.3. The Hall–Kier alpha value is -0.840. The zero-order valence-corrected chi connectivity index (χ0v) is 10.7. The van der Waals surface area contributed by atoms with Crippen molar-refractivity contribution in [2.75, 3.05) is 6.61 Å². The molecule has 2 fully saturated rings. The number of hydrogen-bond donors (Lipinski definition) is 2. The highest BCUT2D eigenvalue weighted by Crippen LogP contribution is 2.45. The summed E-state index contributed by atoms with van der Waals surface area (Å²) in [5.74, 6) is 6.29. The van der Waals surface area contributed by atoms with E-state index in [-0.39, 0.29) is 11.6 Å². The number of hydrogen-bond acceptors (Lipinski definition) is 4. The lowest BCUT2D eigenvalue weighted by Crippen LogP contribution is -2.43. The van der Waals surface area contributed by atoms with E-state index in [2.05, 4.69) is 5.43 Å². The van der Waals surface area contributed by atoms with E-state index in [0.717, 1.165) is 25.0 Å². The molecule has 0 aromatic carbocycles. The molecule has 2 unspecified atom stereocenters. The van der Waals surface area contributed by atoms with Gasteiger partial charge in [-0.2, -0.15) is 0 Å². The first-order chi connectivity index (χ1) is 8.83. The molecule has 1 saturated carbocycles. The van der Waals surface area contributed by atoms with Crippen LogP contribution in [0.5, 0.6) is 0 Å². The molecule has 2 atom stereocenters. The molecule has 100 valence electrons. The number of furan rings is 1. The summed E-state index contributed by atoms with van der Waals surface area (Å²) in [5.41, 5.74) is 4.26. The van der Waals surface area contributed by atoms with Gasteiger partial charge in [0.05, 0.1) is 24.2 Å². The van der Waals surface area contributed by atoms with Crippen molar-refractivity contribution < 1.29 is 9.15 Å². The van der Waals surface area contributed by atoms with Crippen LogP contribution in [0.4, 0.5) is 0 Å². The molecule has 2 heterocycles. The molecule has 1 aromatic heterocycles. The van der Waals surface area contributed by atoms with Crippen molar-refractivity contribution in [2.24, 2.45) is 11.8 Å². The summed E-state index contributed by atoms with van der Waals surface area (Å²) in [4.78, 5) is 0. The zero-order chi connectivity index (χ0) is 12.4. The average Bonchev–Trinajstić information content (AvgIpc) is 3.03. The van der Waals surface area contributed by atoms with Gasteiger partial charge in [0.15, 0.2) is 0 Å². The van der Waals surface area contributed by atoms with Crippen LogP contribution in [-0.4, -0.2) is 12.2 Å². The first-order valence-corrected chi connectivity index (χ1v) is 6.95. The molecule has 4 heteroatoms. The van der Waals surface area contributed by atoms with Crippen molar-refractivity contribution in [2.45, 2.75) is 50.2 Å². The molecule has 3 N–H and O–H groups in total. The van der Waals surface area contributed by atoms with Gasteiger partial charge in [0.25, 0.3) is 0 Å². The molecule has 18 heavy (non-hydrogen) atoms. The molecule has 1 aliphatic heterocycles. The standard InChI is InChI=1S/C14H22N2O2/c15-16-13(12-3-7-17-10-12)11-4-8-18-14(9-11)5-1-2-6-14/h3,7,10-11,13,16H,1-2,4-6,8-9,15H2. The Morgan fingerprint density at radius 2 is 2.22 bits per heavy atom. The summed E-state index contributed by atoms with van der Waals surface area (Å²) in [7, 11) is 0. The number of hydrazine groups is 1. The maximum atomic E-state index is 6.08. The van der Waals surface area contributed by atoms with E-state index < -0.39 is 0 Å². The first kappa shape index (κ1) is 12.2. The summed E-state index contributed by atoms with van der Waals surface area (Å²) in [5, 5.41) is 0. The highest BCUT2D eigenvalue weighted by Gasteiger charge is 2.42. The first-order valence-electron chi connectivity index (χ1n) is 6.95. The lowest BCUT2D eigenvalue weighted by Gasteiger charge is -2.41. The van der Waals surface area contributed by atoms with Gasteiger partial charge in [0.1, 0.15) is 0 Å². The van der Waals surface area contributed by atoms with Gasteiger partial charge in [-0.05, 0) is 37.7 Å². The van der Waals surface area contributed by atoms with E-state index in [1.54, 1.807) is 12.5 Å². The van der Waals surface area contributed by atoms with E-state index in [9.17, 15) is 0 Å². The van der Waals surface area contributed by atoms with Crippen molar-refractivity contribution in [1.82, 2.24) is 5.43 Å². The van der Waals surface area contributed by atoms with Crippen molar-refractivity contribution in [3.8, 4) is 0 Å². The fraction of sp³-hybridized carbons (Fsp3) is 0.714. The van der Waals surface area contributed by atoms with Crippen molar-refractivity contribution in [3.05, 3.63) is 24.2 Å². The van der Waals surface area contributed by atoms with Gasteiger partial charge in [0.2, 0.25) is 0 Å². The highest BCUT2D eigenvalue weighted by atomic mass is 16.5. The minimum Gasteiger partial charge on any atom is -0.472 e. The van der Waals surface area contributed by atoms with Crippen molar-refractivity contribution in [3.63, 3.8) is 0 Å². The smallest absolute Gasteiger partial charge is 0.0950 e. The van der Waals surface area contributed by atoms with Gasteiger partial charge >= 0.3 is 0 Å². The third kappa shape index (κ3) is 2.20. The Kier molecular flexibility index (Phi) is 3.41. The highest BCUT2D eigenvalue weighted by molar-refractivity contribution is 5.13. The molecule has 1 spiro atoms. The van der Waals surface area contributed by atoms with Crippen molar-refractivity contribution >= 4 is 0 Å². The van der Waals surface area contributed by atoms with Crippen LogP contribution in [0.2, 0.25) is 0 Å². The SMILES string of the molecule is NNC(c1ccoc1)C1CCOC2(CCCC2)C1. The van der Waals surface area contributed by atoms with E-state index in [0.29, 0.717) is 5.92 Å². The molecular weight excluding hydrogens is 228 g/mol. The largest absolute Gasteiger partial charge is 0.472 e. The Labute approximate surface area is 108 Å². The molecule has 1 aliphatic carbocycles. The molecule has 0 radical (unpaired) electrons. The molecule has 1 saturated heterocycles. The van der Waals surface area contributed by atoms with Gasteiger partial charge < -0.3 is 9.15 Å². The predicted molar refractivity (Wildman–Crippen MR) is 68.6 cm³/mol. The molecule has 4 nitrogen and oxygen atoms in total. The van der Waals surface area contributed by atoms with Crippen LogP contribution in [-0.2, 0) is 4.74 Å². The normalized spacial score (nSPS) is 28.6. The third-order valence-electron chi connectivity index (χ3n) is 4.60. The number of ether oxygens (including phenoxy) is 1. The van der Waals surface area contributed by atoms with E-state index in [1.165, 1.54) is 25.7 Å². The minimum atomic E-state index is 0.141. The van der Waals surface area contributed by atoms with Crippen LogP contribution in [0, 0.1) is 5.92 Å². The Morgan fingerprint density at radius 3 is 2.89 bits per heavy atom. The van der Waals surface area contributed by atoms with Gasteiger partial charge in [-0.15, -0.1) is 0 Å². The summed E-state index contributed by atoms with van der Waals surface area (Å²) in [6.45, 7) is 0.862. The maximum absolute atomic E-state index is 6.08. The van der Waals surface area contributed by atoms with E-state index in [4.69, 9.17) is 15.0 Å². The summed E-state index contributed by atoms with van der Waals surface area (Å²) in [6, 6.07) is 2.19. The van der Waals surface area contributed by atoms with Gasteiger partial charge in [-0.1, -0.05) is 12.8 Å². The Balaban J connectivity index is 1.74. The summed E-state index contributed by atoms with van der Waals surface area (Å²) >= 11 is 0. The van der Waals surface area contributed by atoms with Crippen LogP contribution in [0.3, 0.4) is 0 Å². The number of rotatable bonds is 3. The van der Waals surface area contributed by atoms with E-state index >= 15 is 0 Å². The quantitative estimate of drug-likeness (QED) is 0.639. The molecule has 2 aliphatic rings. The van der Waals surface area contributed by atoms with Crippen LogP contribution < -0.4 is 11.3 Å². The van der Waals surface area contributed by atoms with Crippen LogP contribution in [0.25, 0.3) is 0 Å². The zero-order valence-electron chi connectivity index (χ0n) is 10.7. The average molecular weight is 250 g/mol. The van der Waals surface area contributed by atoms with Crippen LogP contribution >= 0.6 is 0 Å². The molecule has 0 bridgehead atoms. The van der Waals surface area contributed by atoms with Gasteiger partial charge in [-0.3, -0.25) is 11.3 Å². The fourth-order valence-corrected chi connectivity index (χ4v) is 3.67. The monoisotopic (exact) mass is 250 g/mol. The maximum Gasteiger partial charge on any atom is 0.0950 e. The topological polar surface area (TPSA) is 60.4 Å². The fourth-order valence-electron chi connectivity index (χ4n) is 3.67. The molecule has 1 aromatic rings. The molecular formula is C14H22N2O2. The lowest BCUT2D eigenvalue weighted by molar-refractivity contribution is -0.0982. The second-order valence-electron chi connectivity index (χ2n) is 5.69. The Bertz CT molecular complexity index is 371. The lowest BCUT2D eigenvalue weighted by atomic mass is 9.79. The molecule has 3 rings (SSSR count). The summed E-state index contributed by atoms with van der Waals surface area (Å²) in [6.07, 6.45) is 10.7. The van der Waals surface area contributed by atoms with E-state index in [1.807, 2.05) is 6.07 Å². The Morgan fingerprint density at radius 1 is 1.39 bits per heavy atom. The minimum absolute atomic E-state index is 0.141. The third-order valence-corrected chi connectivity index (χ3v) is 4.60. The molecule has 0 amide bonds. The van der Waals surface area contributed by atoms with Crippen molar-refractivity contribution in [1.29, 1.82) is 0 Å². The van der Waals surface area contributed by atoms with Crippen LogP contribution in [0.1, 0.15) is 50.1 Å². The predicted octanol–water partition coefficient (Wildman–Crippen LogP) is 2.52. The second-order valence-corrected chi connectivity index (χ2v) is 5.69. The number of nitrogens with one attached hydrogen (secondary N) is 1. The van der Waals surface area contributed by atoms with Gasteiger partial charge in [0, 0.05) is 12.2 Å². The van der Waals surface area contributed by atoms with Gasteiger partial charge in [-0.25, -0.2) is 0 Å². The second kappa shape index (κ2) is 5.03. The number of nitrogens with two attached hydrogens (primary N) is 1.